The Hall–Kier alpha value is -2.70. The van der Waals surface area contributed by atoms with Crippen molar-refractivity contribution in [1.82, 2.24) is 4.90 Å². The highest BCUT2D eigenvalue weighted by Gasteiger charge is 2.32. The zero-order valence-electron chi connectivity index (χ0n) is 16.6. The smallest absolute Gasteiger partial charge is 0.255 e. The van der Waals surface area contributed by atoms with E-state index in [2.05, 4.69) is 5.32 Å². The van der Waals surface area contributed by atoms with Crippen LogP contribution in [0, 0.1) is 12.8 Å². The summed E-state index contributed by atoms with van der Waals surface area (Å²) in [5.41, 5.74) is 2.75. The summed E-state index contributed by atoms with van der Waals surface area (Å²) in [5.74, 6) is 0.155. The number of rotatable bonds is 4. The maximum atomic E-state index is 13.0. The van der Waals surface area contributed by atoms with Crippen LogP contribution in [0.15, 0.2) is 48.5 Å². The topological polar surface area (TPSA) is 67.9 Å². The molecule has 2 heterocycles. The number of nitrogens with one attached hydrogen (secondary N) is 1. The first-order valence-electron chi connectivity index (χ1n) is 10.1. The number of hydrogen-bond acceptors (Lipinski definition) is 4. The first-order chi connectivity index (χ1) is 14.1. The Morgan fingerprint density at radius 3 is 2.34 bits per heavy atom. The molecule has 0 spiro atoms. The van der Waals surface area contributed by atoms with Gasteiger partial charge in [0, 0.05) is 35.8 Å². The molecule has 1 N–H and O–H groups in total. The Labute approximate surface area is 170 Å². The number of amides is 2. The lowest BCUT2D eigenvalue weighted by Crippen LogP contribution is -2.41. The largest absolute Gasteiger partial charge is 0.350 e. The molecule has 0 saturated carbocycles. The molecule has 0 radical (unpaired) electrons. The van der Waals surface area contributed by atoms with Crippen molar-refractivity contribution in [2.45, 2.75) is 26.1 Å². The minimum absolute atomic E-state index is 0.00748. The van der Waals surface area contributed by atoms with Crippen LogP contribution in [0.5, 0.6) is 0 Å². The van der Waals surface area contributed by atoms with E-state index < -0.39 is 0 Å². The molecule has 152 valence electrons. The third-order valence-electron chi connectivity index (χ3n) is 5.63. The van der Waals surface area contributed by atoms with E-state index in [1.54, 1.807) is 18.2 Å². The highest BCUT2D eigenvalue weighted by molar-refractivity contribution is 6.05. The van der Waals surface area contributed by atoms with E-state index in [-0.39, 0.29) is 18.1 Å². The highest BCUT2D eigenvalue weighted by Crippen LogP contribution is 2.27. The van der Waals surface area contributed by atoms with E-state index in [4.69, 9.17) is 9.47 Å². The quantitative estimate of drug-likeness (QED) is 0.862. The molecule has 0 aliphatic carbocycles. The monoisotopic (exact) mass is 394 g/mol. The number of benzene rings is 2. The second kappa shape index (κ2) is 8.76. The Morgan fingerprint density at radius 2 is 1.66 bits per heavy atom. The summed E-state index contributed by atoms with van der Waals surface area (Å²) >= 11 is 0. The van der Waals surface area contributed by atoms with Gasteiger partial charge in [0.2, 0.25) is 0 Å². The molecule has 0 unspecified atom stereocenters. The third-order valence-corrected chi connectivity index (χ3v) is 5.63. The third kappa shape index (κ3) is 4.49. The molecule has 2 aromatic rings. The van der Waals surface area contributed by atoms with Gasteiger partial charge in [-0.1, -0.05) is 24.3 Å². The second-order valence-electron chi connectivity index (χ2n) is 7.59. The maximum Gasteiger partial charge on any atom is 0.255 e. The number of hydrogen-bond donors (Lipinski definition) is 1. The molecule has 6 nitrogen and oxygen atoms in total. The van der Waals surface area contributed by atoms with Crippen LogP contribution >= 0.6 is 0 Å². The lowest BCUT2D eigenvalue weighted by molar-refractivity contribution is -0.0956. The standard InChI is InChI=1S/C23H26N2O4/c1-16-7-8-19(15-20(16)24-21(26)17-5-3-2-4-6-17)22(27)25-11-9-18(10-12-25)23-28-13-14-29-23/h2-8,15,18,23H,9-14H2,1H3,(H,24,26). The van der Waals surface area contributed by atoms with Crippen LogP contribution in [0.25, 0.3) is 0 Å². The van der Waals surface area contributed by atoms with Crippen molar-refractivity contribution >= 4 is 17.5 Å². The van der Waals surface area contributed by atoms with Gasteiger partial charge in [-0.3, -0.25) is 9.59 Å². The molecule has 2 aliphatic heterocycles. The molecule has 2 saturated heterocycles. The average Bonchev–Trinajstić information content (AvgIpc) is 3.30. The second-order valence-corrected chi connectivity index (χ2v) is 7.59. The van der Waals surface area contributed by atoms with Crippen LogP contribution in [0.4, 0.5) is 5.69 Å². The van der Waals surface area contributed by atoms with E-state index in [0.29, 0.717) is 49.0 Å². The van der Waals surface area contributed by atoms with E-state index in [0.717, 1.165) is 18.4 Å². The van der Waals surface area contributed by atoms with Crippen LogP contribution in [0.2, 0.25) is 0 Å². The molecule has 2 amide bonds. The molecule has 0 aromatic heterocycles. The van der Waals surface area contributed by atoms with Crippen molar-refractivity contribution in [3.8, 4) is 0 Å². The number of piperidine rings is 1. The summed E-state index contributed by atoms with van der Waals surface area (Å²) in [7, 11) is 0. The predicted octanol–water partition coefficient (Wildman–Crippen LogP) is 3.47. The van der Waals surface area contributed by atoms with Crippen LogP contribution in [-0.2, 0) is 9.47 Å². The SMILES string of the molecule is Cc1ccc(C(=O)N2CCC(C3OCCO3)CC2)cc1NC(=O)c1ccccc1. The first kappa shape index (κ1) is 19.6. The number of carbonyl (C=O) groups excluding carboxylic acids is 2. The number of anilines is 1. The molecule has 0 bridgehead atoms. The van der Waals surface area contributed by atoms with E-state index in [9.17, 15) is 9.59 Å². The lowest BCUT2D eigenvalue weighted by atomic mass is 9.95. The van der Waals surface area contributed by atoms with Gasteiger partial charge >= 0.3 is 0 Å². The van der Waals surface area contributed by atoms with Gasteiger partial charge in [-0.2, -0.15) is 0 Å². The first-order valence-corrected chi connectivity index (χ1v) is 10.1. The number of ether oxygens (including phenoxy) is 2. The fourth-order valence-electron chi connectivity index (χ4n) is 3.88. The van der Waals surface area contributed by atoms with Crippen molar-refractivity contribution in [2.24, 2.45) is 5.92 Å². The van der Waals surface area contributed by atoms with Gasteiger partial charge in [0.05, 0.1) is 13.2 Å². The van der Waals surface area contributed by atoms with Crippen molar-refractivity contribution in [3.63, 3.8) is 0 Å². The Kier molecular flexibility index (Phi) is 5.92. The normalized spacial score (nSPS) is 18.0. The fraction of sp³-hybridized carbons (Fsp3) is 0.391. The van der Waals surface area contributed by atoms with Crippen LogP contribution in [-0.4, -0.2) is 49.3 Å². The highest BCUT2D eigenvalue weighted by atomic mass is 16.7. The number of aryl methyl sites for hydroxylation is 1. The maximum absolute atomic E-state index is 13.0. The molecule has 4 rings (SSSR count). The number of likely N-dealkylation sites (tertiary alicyclic amines) is 1. The summed E-state index contributed by atoms with van der Waals surface area (Å²) in [4.78, 5) is 27.4. The van der Waals surface area contributed by atoms with Crippen molar-refractivity contribution in [2.75, 3.05) is 31.6 Å². The van der Waals surface area contributed by atoms with Crippen molar-refractivity contribution in [1.29, 1.82) is 0 Å². The van der Waals surface area contributed by atoms with Gasteiger partial charge in [-0.05, 0) is 49.6 Å². The fourth-order valence-corrected chi connectivity index (χ4v) is 3.88. The Balaban J connectivity index is 1.41. The van der Waals surface area contributed by atoms with E-state index >= 15 is 0 Å². The molecular formula is C23H26N2O4. The van der Waals surface area contributed by atoms with Crippen molar-refractivity contribution in [3.05, 3.63) is 65.2 Å². The van der Waals surface area contributed by atoms with Gasteiger partial charge in [-0.15, -0.1) is 0 Å². The molecule has 6 heteroatoms. The minimum atomic E-state index is -0.185. The molecule has 0 atom stereocenters. The van der Waals surface area contributed by atoms with Crippen molar-refractivity contribution < 1.29 is 19.1 Å². The number of nitrogens with zero attached hydrogens (tertiary/aromatic N) is 1. The zero-order valence-corrected chi connectivity index (χ0v) is 16.6. The van der Waals surface area contributed by atoms with E-state index in [1.807, 2.05) is 42.2 Å². The van der Waals surface area contributed by atoms with Gasteiger partial charge in [0.15, 0.2) is 6.29 Å². The molecule has 2 fully saturated rings. The Morgan fingerprint density at radius 1 is 0.966 bits per heavy atom. The zero-order chi connectivity index (χ0) is 20.2. The molecule has 2 aliphatic rings. The van der Waals surface area contributed by atoms with E-state index in [1.165, 1.54) is 0 Å². The van der Waals surface area contributed by atoms with Gasteiger partial charge in [0.25, 0.3) is 11.8 Å². The van der Waals surface area contributed by atoms with Gasteiger partial charge in [-0.25, -0.2) is 0 Å². The summed E-state index contributed by atoms with van der Waals surface area (Å²) in [6, 6.07) is 14.5. The lowest BCUT2D eigenvalue weighted by Gasteiger charge is -2.34. The van der Waals surface area contributed by atoms with Crippen LogP contribution < -0.4 is 5.32 Å². The molecule has 29 heavy (non-hydrogen) atoms. The van der Waals surface area contributed by atoms with Crippen LogP contribution in [0.3, 0.4) is 0 Å². The molecule has 2 aromatic carbocycles. The van der Waals surface area contributed by atoms with Gasteiger partial charge in [0.1, 0.15) is 0 Å². The summed E-state index contributed by atoms with van der Waals surface area (Å²) in [6.45, 7) is 4.61. The number of carbonyl (C=O) groups is 2. The Bertz CT molecular complexity index is 870. The summed E-state index contributed by atoms with van der Waals surface area (Å²) < 4.78 is 11.2. The van der Waals surface area contributed by atoms with Gasteiger partial charge < -0.3 is 19.7 Å². The summed E-state index contributed by atoms with van der Waals surface area (Å²) in [5, 5.41) is 2.93. The van der Waals surface area contributed by atoms with Crippen LogP contribution in [0.1, 0.15) is 39.1 Å². The predicted molar refractivity (Wildman–Crippen MR) is 110 cm³/mol. The summed E-state index contributed by atoms with van der Waals surface area (Å²) in [6.07, 6.45) is 1.63. The molecular weight excluding hydrogens is 368 g/mol. The minimum Gasteiger partial charge on any atom is -0.350 e. The average molecular weight is 394 g/mol.